The molecule has 1 aliphatic heterocycles. The monoisotopic (exact) mass is 238 g/mol. The molecule has 3 unspecified atom stereocenters. The first-order chi connectivity index (χ1) is 8.12. The van der Waals surface area contributed by atoms with E-state index in [0.29, 0.717) is 12.6 Å². The highest BCUT2D eigenvalue weighted by atomic mass is 16.6. The summed E-state index contributed by atoms with van der Waals surface area (Å²) in [6.45, 7) is 4.43. The van der Waals surface area contributed by atoms with Crippen molar-refractivity contribution < 1.29 is 9.84 Å². The number of hydrogen-bond donors (Lipinski definition) is 2. The predicted octanol–water partition coefficient (Wildman–Crippen LogP) is 1.48. The molecule has 0 fully saturated rings. The molecule has 1 heterocycles. The zero-order valence-corrected chi connectivity index (χ0v) is 10.8. The number of hydrogen-bond acceptors (Lipinski definition) is 4. The van der Waals surface area contributed by atoms with Crippen LogP contribution in [0.15, 0.2) is 29.4 Å². The van der Waals surface area contributed by atoms with E-state index in [2.05, 4.69) is 17.2 Å². The molecular weight excluding hydrogens is 216 g/mol. The lowest BCUT2D eigenvalue weighted by atomic mass is 9.96. The van der Waals surface area contributed by atoms with Gasteiger partial charge in [-0.1, -0.05) is 12.2 Å². The van der Waals surface area contributed by atoms with Gasteiger partial charge in [-0.15, -0.1) is 0 Å². The van der Waals surface area contributed by atoms with Crippen LogP contribution in [0.1, 0.15) is 20.3 Å². The summed E-state index contributed by atoms with van der Waals surface area (Å²) >= 11 is 0. The molecule has 0 spiro atoms. The number of aliphatic imine (C=N–C) groups is 1. The van der Waals surface area contributed by atoms with Crippen LogP contribution in [-0.2, 0) is 4.74 Å². The highest BCUT2D eigenvalue weighted by molar-refractivity contribution is 5.67. The quantitative estimate of drug-likeness (QED) is 0.544. The molecular formula is C13H22N2O2. The van der Waals surface area contributed by atoms with Crippen molar-refractivity contribution in [3.63, 3.8) is 0 Å². The number of nitrogens with one attached hydrogen (secondary N) is 1. The maximum absolute atomic E-state index is 10.3. The van der Waals surface area contributed by atoms with E-state index in [1.54, 1.807) is 18.5 Å². The van der Waals surface area contributed by atoms with E-state index in [1.165, 1.54) is 0 Å². The predicted molar refractivity (Wildman–Crippen MR) is 70.0 cm³/mol. The molecule has 4 nitrogen and oxygen atoms in total. The Labute approximate surface area is 103 Å². The second-order valence-electron chi connectivity index (χ2n) is 4.18. The summed E-state index contributed by atoms with van der Waals surface area (Å²) in [4.78, 5) is 4.04. The van der Waals surface area contributed by atoms with Crippen molar-refractivity contribution >= 4 is 6.21 Å². The average Bonchev–Trinajstić information content (AvgIpc) is 2.31. The minimum absolute atomic E-state index is 0.225. The first kappa shape index (κ1) is 14.1. The molecule has 0 aromatic rings. The Bertz CT molecular complexity index is 313. The average molecular weight is 238 g/mol. The molecule has 1 rings (SSSR count). The van der Waals surface area contributed by atoms with E-state index in [4.69, 9.17) is 4.74 Å². The minimum Gasteiger partial charge on any atom is -0.361 e. The number of nitrogens with zero attached hydrogens (tertiary/aromatic N) is 1. The van der Waals surface area contributed by atoms with Crippen LogP contribution in [0.4, 0.5) is 0 Å². The van der Waals surface area contributed by atoms with Crippen molar-refractivity contribution in [1.29, 1.82) is 0 Å². The summed E-state index contributed by atoms with van der Waals surface area (Å²) in [5, 5.41) is 13.4. The fraction of sp³-hybridized carbons (Fsp3) is 0.615. The molecule has 0 saturated carbocycles. The van der Waals surface area contributed by atoms with Gasteiger partial charge < -0.3 is 15.2 Å². The van der Waals surface area contributed by atoms with Crippen LogP contribution in [0.25, 0.3) is 0 Å². The lowest BCUT2D eigenvalue weighted by Crippen LogP contribution is -2.40. The van der Waals surface area contributed by atoms with E-state index in [-0.39, 0.29) is 5.92 Å². The van der Waals surface area contributed by atoms with Gasteiger partial charge in [-0.25, -0.2) is 0 Å². The van der Waals surface area contributed by atoms with Gasteiger partial charge in [0.2, 0.25) is 0 Å². The van der Waals surface area contributed by atoms with Gasteiger partial charge in [0.1, 0.15) is 0 Å². The van der Waals surface area contributed by atoms with Crippen LogP contribution in [0, 0.1) is 5.92 Å². The van der Waals surface area contributed by atoms with E-state index < -0.39 is 5.79 Å². The lowest BCUT2D eigenvalue weighted by molar-refractivity contribution is -0.174. The van der Waals surface area contributed by atoms with E-state index in [1.807, 2.05) is 26.1 Å². The third kappa shape index (κ3) is 4.07. The Morgan fingerprint density at radius 2 is 2.41 bits per heavy atom. The van der Waals surface area contributed by atoms with Gasteiger partial charge in [-0.2, -0.15) is 0 Å². The van der Waals surface area contributed by atoms with Crippen molar-refractivity contribution in [2.24, 2.45) is 10.9 Å². The van der Waals surface area contributed by atoms with Crippen LogP contribution in [0.5, 0.6) is 0 Å². The Kier molecular flexibility index (Phi) is 5.55. The topological polar surface area (TPSA) is 53.9 Å². The second-order valence-corrected chi connectivity index (χ2v) is 4.18. The number of aliphatic hydroxyl groups is 1. The van der Waals surface area contributed by atoms with Gasteiger partial charge in [0.05, 0.1) is 5.92 Å². The van der Waals surface area contributed by atoms with E-state index >= 15 is 0 Å². The zero-order chi connectivity index (χ0) is 12.7. The Balaban J connectivity index is 2.61. The molecule has 0 radical (unpaired) electrons. The Morgan fingerprint density at radius 1 is 1.65 bits per heavy atom. The van der Waals surface area contributed by atoms with Crippen molar-refractivity contribution in [2.75, 3.05) is 13.7 Å². The molecule has 0 saturated heterocycles. The summed E-state index contributed by atoms with van der Waals surface area (Å²) < 4.78 is 5.38. The van der Waals surface area contributed by atoms with Crippen LogP contribution >= 0.6 is 0 Å². The fourth-order valence-corrected chi connectivity index (χ4v) is 1.62. The summed E-state index contributed by atoms with van der Waals surface area (Å²) in [5.74, 6) is -1.48. The molecule has 3 atom stereocenters. The SMILES string of the molecule is CCOC1(O)C=CN=CC1/C=C/CC(C)NC. The standard InChI is InChI=1S/C13H22N2O2/c1-4-17-13(16)8-9-15-10-12(13)7-5-6-11(2)14-3/h5,7-12,14,16H,4,6H2,1-3H3/b7-5+. The van der Waals surface area contributed by atoms with E-state index in [0.717, 1.165) is 6.42 Å². The van der Waals surface area contributed by atoms with Gasteiger partial charge >= 0.3 is 0 Å². The van der Waals surface area contributed by atoms with Crippen LogP contribution in [0.2, 0.25) is 0 Å². The molecule has 0 aliphatic carbocycles. The van der Waals surface area contributed by atoms with Crippen LogP contribution < -0.4 is 5.32 Å². The zero-order valence-electron chi connectivity index (χ0n) is 10.8. The molecule has 1 aliphatic rings. The van der Waals surface area contributed by atoms with Crippen LogP contribution in [0.3, 0.4) is 0 Å². The summed E-state index contributed by atoms with van der Waals surface area (Å²) in [7, 11) is 1.93. The first-order valence-electron chi connectivity index (χ1n) is 6.03. The lowest BCUT2D eigenvalue weighted by Gasteiger charge is -2.30. The molecule has 0 aromatic carbocycles. The molecule has 0 bridgehead atoms. The molecule has 0 amide bonds. The van der Waals surface area contributed by atoms with Crippen molar-refractivity contribution in [2.45, 2.75) is 32.1 Å². The smallest absolute Gasteiger partial charge is 0.198 e. The summed E-state index contributed by atoms with van der Waals surface area (Å²) in [6.07, 6.45) is 9.75. The summed E-state index contributed by atoms with van der Waals surface area (Å²) in [5.41, 5.74) is 0. The summed E-state index contributed by atoms with van der Waals surface area (Å²) in [6, 6.07) is 0.419. The molecule has 17 heavy (non-hydrogen) atoms. The van der Waals surface area contributed by atoms with Gasteiger partial charge in [0.15, 0.2) is 5.79 Å². The highest BCUT2D eigenvalue weighted by Crippen LogP contribution is 2.24. The fourth-order valence-electron chi connectivity index (χ4n) is 1.62. The third-order valence-electron chi connectivity index (χ3n) is 2.83. The van der Waals surface area contributed by atoms with Crippen molar-refractivity contribution in [3.05, 3.63) is 24.4 Å². The normalized spacial score (nSPS) is 30.0. The highest BCUT2D eigenvalue weighted by Gasteiger charge is 2.33. The van der Waals surface area contributed by atoms with Gasteiger partial charge in [0, 0.05) is 25.1 Å². The molecule has 2 N–H and O–H groups in total. The van der Waals surface area contributed by atoms with E-state index in [9.17, 15) is 5.11 Å². The Morgan fingerprint density at radius 3 is 3.06 bits per heavy atom. The molecule has 96 valence electrons. The number of rotatable bonds is 6. The second kappa shape index (κ2) is 6.69. The van der Waals surface area contributed by atoms with Crippen molar-refractivity contribution in [3.8, 4) is 0 Å². The van der Waals surface area contributed by atoms with Crippen molar-refractivity contribution in [1.82, 2.24) is 5.32 Å². The minimum atomic E-state index is -1.25. The molecule has 4 heteroatoms. The maximum atomic E-state index is 10.3. The molecule has 0 aromatic heterocycles. The third-order valence-corrected chi connectivity index (χ3v) is 2.83. The number of ether oxygens (including phenoxy) is 1. The van der Waals surface area contributed by atoms with Gasteiger partial charge in [-0.05, 0) is 33.4 Å². The first-order valence-corrected chi connectivity index (χ1v) is 6.03. The van der Waals surface area contributed by atoms with Gasteiger partial charge in [-0.3, -0.25) is 4.99 Å². The Hall–Kier alpha value is -0.970. The maximum Gasteiger partial charge on any atom is 0.198 e. The van der Waals surface area contributed by atoms with Crippen LogP contribution in [-0.4, -0.2) is 36.8 Å². The largest absolute Gasteiger partial charge is 0.361 e. The van der Waals surface area contributed by atoms with Gasteiger partial charge in [0.25, 0.3) is 0 Å².